The number of allylic oxidation sites excluding steroid dienone is 1. The second-order valence-electron chi connectivity index (χ2n) is 2.89. The molecular formula is C9H17N. The van der Waals surface area contributed by atoms with Gasteiger partial charge in [-0.2, -0.15) is 0 Å². The molecule has 0 saturated carbocycles. The third-order valence-electron chi connectivity index (χ3n) is 1.99. The summed E-state index contributed by atoms with van der Waals surface area (Å²) in [4.78, 5) is 0. The Bertz CT molecular complexity index is 116. The molecule has 0 aromatic rings. The van der Waals surface area contributed by atoms with Gasteiger partial charge in [0.15, 0.2) is 0 Å². The Labute approximate surface area is 63.5 Å². The second kappa shape index (κ2) is 4.51. The van der Waals surface area contributed by atoms with Crippen LogP contribution >= 0.6 is 0 Å². The molecule has 0 fully saturated rings. The molecule has 1 N–H and O–H groups in total. The zero-order valence-corrected chi connectivity index (χ0v) is 6.82. The van der Waals surface area contributed by atoms with Crippen molar-refractivity contribution in [2.75, 3.05) is 13.1 Å². The molecule has 0 radical (unpaired) electrons. The van der Waals surface area contributed by atoms with Crippen LogP contribution in [0.3, 0.4) is 0 Å². The van der Waals surface area contributed by atoms with Gasteiger partial charge in [0.1, 0.15) is 0 Å². The Hall–Kier alpha value is -0.300. The van der Waals surface area contributed by atoms with Crippen LogP contribution in [0.2, 0.25) is 0 Å². The van der Waals surface area contributed by atoms with E-state index in [1.54, 1.807) is 5.57 Å². The van der Waals surface area contributed by atoms with Gasteiger partial charge in [-0.3, -0.25) is 0 Å². The maximum absolute atomic E-state index is 3.35. The topological polar surface area (TPSA) is 12.0 Å². The normalized spacial score (nSPS) is 18.7. The van der Waals surface area contributed by atoms with Gasteiger partial charge < -0.3 is 5.32 Å². The Morgan fingerprint density at radius 1 is 1.50 bits per heavy atom. The molecule has 0 aromatic heterocycles. The van der Waals surface area contributed by atoms with Crippen molar-refractivity contribution in [3.05, 3.63) is 11.6 Å². The molecular weight excluding hydrogens is 122 g/mol. The Balaban J connectivity index is 2.18. The van der Waals surface area contributed by atoms with Gasteiger partial charge in [0, 0.05) is 6.54 Å². The third kappa shape index (κ3) is 2.53. The molecule has 0 amide bonds. The van der Waals surface area contributed by atoms with Gasteiger partial charge in [-0.25, -0.2) is 0 Å². The van der Waals surface area contributed by atoms with Crippen LogP contribution in [0.1, 0.15) is 32.6 Å². The van der Waals surface area contributed by atoms with Gasteiger partial charge in [0.2, 0.25) is 0 Å². The average molecular weight is 139 g/mol. The highest BCUT2D eigenvalue weighted by Crippen LogP contribution is 2.15. The van der Waals surface area contributed by atoms with Crippen LogP contribution in [0, 0.1) is 0 Å². The van der Waals surface area contributed by atoms with E-state index in [0.717, 1.165) is 13.1 Å². The monoisotopic (exact) mass is 139 g/mol. The molecule has 0 aliphatic heterocycles. The average Bonchev–Trinajstić information content (AvgIpc) is 2.03. The first-order chi connectivity index (χ1) is 4.93. The fourth-order valence-electron chi connectivity index (χ4n) is 1.35. The van der Waals surface area contributed by atoms with E-state index in [1.807, 2.05) is 0 Å². The number of rotatable bonds is 3. The lowest BCUT2D eigenvalue weighted by molar-refractivity contribution is 0.658. The summed E-state index contributed by atoms with van der Waals surface area (Å²) in [7, 11) is 0. The molecule has 1 rings (SSSR count). The molecule has 0 aromatic carbocycles. The highest BCUT2D eigenvalue weighted by atomic mass is 14.8. The van der Waals surface area contributed by atoms with Crippen molar-refractivity contribution >= 4 is 0 Å². The van der Waals surface area contributed by atoms with E-state index in [1.165, 1.54) is 25.7 Å². The van der Waals surface area contributed by atoms with E-state index < -0.39 is 0 Å². The van der Waals surface area contributed by atoms with Crippen molar-refractivity contribution in [2.24, 2.45) is 0 Å². The third-order valence-corrected chi connectivity index (χ3v) is 1.99. The fraction of sp³-hybridized carbons (Fsp3) is 0.778. The van der Waals surface area contributed by atoms with Crippen LogP contribution in [-0.2, 0) is 0 Å². The van der Waals surface area contributed by atoms with Gasteiger partial charge in [-0.15, -0.1) is 0 Å². The van der Waals surface area contributed by atoms with Crippen LogP contribution < -0.4 is 5.32 Å². The van der Waals surface area contributed by atoms with Gasteiger partial charge in [0.05, 0.1) is 0 Å². The van der Waals surface area contributed by atoms with Crippen LogP contribution in [-0.4, -0.2) is 13.1 Å². The van der Waals surface area contributed by atoms with Crippen LogP contribution in [0.25, 0.3) is 0 Å². The second-order valence-corrected chi connectivity index (χ2v) is 2.89. The van der Waals surface area contributed by atoms with Crippen molar-refractivity contribution in [1.29, 1.82) is 0 Å². The summed E-state index contributed by atoms with van der Waals surface area (Å²) < 4.78 is 0. The first-order valence-corrected chi connectivity index (χ1v) is 4.32. The lowest BCUT2D eigenvalue weighted by Gasteiger charge is -2.12. The van der Waals surface area contributed by atoms with Crippen LogP contribution in [0.5, 0.6) is 0 Å². The largest absolute Gasteiger partial charge is 0.313 e. The smallest absolute Gasteiger partial charge is 0.0164 e. The van der Waals surface area contributed by atoms with Crippen molar-refractivity contribution in [2.45, 2.75) is 32.6 Å². The highest BCUT2D eigenvalue weighted by Gasteiger charge is 2.01. The highest BCUT2D eigenvalue weighted by molar-refractivity contribution is 5.06. The first kappa shape index (κ1) is 7.80. The molecule has 0 atom stereocenters. The SMILES string of the molecule is CCNCC1=CCCCC1. The maximum atomic E-state index is 3.35. The van der Waals surface area contributed by atoms with Crippen LogP contribution in [0.4, 0.5) is 0 Å². The zero-order valence-electron chi connectivity index (χ0n) is 6.82. The van der Waals surface area contributed by atoms with E-state index in [2.05, 4.69) is 18.3 Å². The van der Waals surface area contributed by atoms with E-state index >= 15 is 0 Å². The van der Waals surface area contributed by atoms with Gasteiger partial charge in [-0.05, 0) is 32.2 Å². The number of hydrogen-bond donors (Lipinski definition) is 1. The fourth-order valence-corrected chi connectivity index (χ4v) is 1.35. The zero-order chi connectivity index (χ0) is 7.23. The number of hydrogen-bond acceptors (Lipinski definition) is 1. The molecule has 1 aliphatic carbocycles. The molecule has 58 valence electrons. The summed E-state index contributed by atoms with van der Waals surface area (Å²) in [6, 6.07) is 0. The molecule has 0 heterocycles. The van der Waals surface area contributed by atoms with Crippen molar-refractivity contribution in [3.8, 4) is 0 Å². The molecule has 1 nitrogen and oxygen atoms in total. The van der Waals surface area contributed by atoms with Crippen LogP contribution in [0.15, 0.2) is 11.6 Å². The van der Waals surface area contributed by atoms with Gasteiger partial charge >= 0.3 is 0 Å². The number of likely N-dealkylation sites (N-methyl/N-ethyl adjacent to an activating group) is 1. The summed E-state index contributed by atoms with van der Waals surface area (Å²) in [6.07, 6.45) is 7.83. The molecule has 0 saturated heterocycles. The van der Waals surface area contributed by atoms with Crippen molar-refractivity contribution in [3.63, 3.8) is 0 Å². The lowest BCUT2D eigenvalue weighted by Crippen LogP contribution is -2.16. The Morgan fingerprint density at radius 3 is 3.00 bits per heavy atom. The first-order valence-electron chi connectivity index (χ1n) is 4.32. The minimum absolute atomic E-state index is 1.09. The summed E-state index contributed by atoms with van der Waals surface area (Å²) in [6.45, 7) is 4.37. The number of nitrogens with one attached hydrogen (secondary N) is 1. The lowest BCUT2D eigenvalue weighted by atomic mass is 10.00. The van der Waals surface area contributed by atoms with E-state index in [9.17, 15) is 0 Å². The van der Waals surface area contributed by atoms with Crippen molar-refractivity contribution in [1.82, 2.24) is 5.32 Å². The predicted octanol–water partition coefficient (Wildman–Crippen LogP) is 2.10. The van der Waals surface area contributed by atoms with E-state index in [4.69, 9.17) is 0 Å². The van der Waals surface area contributed by atoms with Gasteiger partial charge in [-0.1, -0.05) is 18.6 Å². The summed E-state index contributed by atoms with van der Waals surface area (Å²) in [5, 5.41) is 3.35. The quantitative estimate of drug-likeness (QED) is 0.590. The molecule has 0 spiro atoms. The molecule has 1 aliphatic rings. The minimum Gasteiger partial charge on any atom is -0.313 e. The molecule has 10 heavy (non-hydrogen) atoms. The van der Waals surface area contributed by atoms with E-state index in [-0.39, 0.29) is 0 Å². The van der Waals surface area contributed by atoms with Gasteiger partial charge in [0.25, 0.3) is 0 Å². The summed E-state index contributed by atoms with van der Waals surface area (Å²) >= 11 is 0. The van der Waals surface area contributed by atoms with E-state index in [0.29, 0.717) is 0 Å². The Morgan fingerprint density at radius 2 is 2.40 bits per heavy atom. The maximum Gasteiger partial charge on any atom is 0.0164 e. The van der Waals surface area contributed by atoms with Crippen molar-refractivity contribution < 1.29 is 0 Å². The standard InChI is InChI=1S/C9H17N/c1-2-10-8-9-6-4-3-5-7-9/h6,10H,2-5,7-8H2,1H3. The summed E-state index contributed by atoms with van der Waals surface area (Å²) in [5.74, 6) is 0. The predicted molar refractivity (Wildman–Crippen MR) is 45.1 cm³/mol. The minimum atomic E-state index is 1.09. The molecule has 1 heteroatoms. The molecule has 0 bridgehead atoms. The summed E-state index contributed by atoms with van der Waals surface area (Å²) in [5.41, 5.74) is 1.62. The molecule has 0 unspecified atom stereocenters. The Kier molecular flexibility index (Phi) is 3.52.